The average molecular weight is 162 g/mol. The van der Waals surface area contributed by atoms with E-state index in [0.29, 0.717) is 12.1 Å². The predicted molar refractivity (Wildman–Crippen MR) is 42.0 cm³/mol. The van der Waals surface area contributed by atoms with Gasteiger partial charge in [-0.2, -0.15) is 0 Å². The van der Waals surface area contributed by atoms with Crippen LogP contribution in [0.4, 0.5) is 0 Å². The van der Waals surface area contributed by atoms with Gasteiger partial charge >= 0.3 is 0 Å². The van der Waals surface area contributed by atoms with Gasteiger partial charge in [-0.15, -0.1) is 0 Å². The van der Waals surface area contributed by atoms with E-state index in [-0.39, 0.29) is 16.9 Å². The molecule has 0 bridgehead atoms. The first-order chi connectivity index (χ1) is 5.79. The maximum Gasteiger partial charge on any atom is 0.262 e. The number of nitrogens with zero attached hydrogens (tertiary/aromatic N) is 1. The molecule has 0 radical (unpaired) electrons. The van der Waals surface area contributed by atoms with Crippen LogP contribution in [0, 0.1) is 0 Å². The van der Waals surface area contributed by atoms with Gasteiger partial charge in [0.05, 0.1) is 12.0 Å². The van der Waals surface area contributed by atoms with E-state index in [1.54, 1.807) is 6.08 Å². The van der Waals surface area contributed by atoms with Crippen molar-refractivity contribution in [2.24, 2.45) is 0 Å². The van der Waals surface area contributed by atoms with Gasteiger partial charge in [0, 0.05) is 6.42 Å². The third-order valence-electron chi connectivity index (χ3n) is 1.76. The molecule has 0 saturated carbocycles. The van der Waals surface area contributed by atoms with Crippen molar-refractivity contribution in [1.82, 2.24) is 9.97 Å². The van der Waals surface area contributed by atoms with E-state index in [4.69, 9.17) is 0 Å². The van der Waals surface area contributed by atoms with Gasteiger partial charge in [-0.1, -0.05) is 6.08 Å². The molecule has 1 aromatic heterocycles. The maximum atomic E-state index is 11.2. The second kappa shape index (κ2) is 2.41. The fraction of sp³-hybridized carbons (Fsp3) is 0.125. The molecule has 0 aliphatic heterocycles. The molecule has 0 fully saturated rings. The number of nitrogens with one attached hydrogen (secondary N) is 1. The number of hydrogen-bond donors (Lipinski definition) is 1. The van der Waals surface area contributed by atoms with Crippen LogP contribution in [0.5, 0.6) is 0 Å². The molecular weight excluding hydrogens is 156 g/mol. The summed E-state index contributed by atoms with van der Waals surface area (Å²) >= 11 is 0. The van der Waals surface area contributed by atoms with Crippen LogP contribution in [-0.4, -0.2) is 15.8 Å². The average Bonchev–Trinajstić information content (AvgIpc) is 2.04. The van der Waals surface area contributed by atoms with Crippen molar-refractivity contribution in [2.75, 3.05) is 0 Å². The van der Waals surface area contributed by atoms with E-state index in [9.17, 15) is 9.59 Å². The molecule has 0 spiro atoms. The number of carbonyl (C=O) groups excluding carboxylic acids is 1. The lowest BCUT2D eigenvalue weighted by Crippen LogP contribution is -2.22. The molecule has 1 N–H and O–H groups in total. The summed E-state index contributed by atoms with van der Waals surface area (Å²) in [5.41, 5.74) is 0.389. The van der Waals surface area contributed by atoms with Crippen LogP contribution >= 0.6 is 0 Å². The fourth-order valence-corrected chi connectivity index (χ4v) is 1.21. The van der Waals surface area contributed by atoms with E-state index >= 15 is 0 Å². The van der Waals surface area contributed by atoms with Gasteiger partial charge in [0.1, 0.15) is 5.56 Å². The zero-order valence-corrected chi connectivity index (χ0v) is 6.20. The normalized spacial score (nSPS) is 14.5. The van der Waals surface area contributed by atoms with Gasteiger partial charge < -0.3 is 4.98 Å². The predicted octanol–water partition coefficient (Wildman–Crippen LogP) is 0.0649. The molecule has 4 nitrogen and oxygen atoms in total. The number of allylic oxidation sites excluding steroid dienone is 2. The van der Waals surface area contributed by atoms with E-state index in [1.807, 2.05) is 0 Å². The van der Waals surface area contributed by atoms with E-state index < -0.39 is 0 Å². The summed E-state index contributed by atoms with van der Waals surface area (Å²) in [7, 11) is 0. The molecule has 60 valence electrons. The highest BCUT2D eigenvalue weighted by atomic mass is 16.1. The topological polar surface area (TPSA) is 62.8 Å². The van der Waals surface area contributed by atoms with Crippen molar-refractivity contribution in [3.05, 3.63) is 40.1 Å². The summed E-state index contributed by atoms with van der Waals surface area (Å²) in [6.45, 7) is 0. The van der Waals surface area contributed by atoms with Gasteiger partial charge in [-0.25, -0.2) is 4.98 Å². The molecule has 0 aromatic carbocycles. The lowest BCUT2D eigenvalue weighted by Gasteiger charge is -2.05. The summed E-state index contributed by atoms with van der Waals surface area (Å²) in [6.07, 6.45) is 4.98. The van der Waals surface area contributed by atoms with Crippen LogP contribution < -0.4 is 5.56 Å². The molecule has 1 aliphatic rings. The molecule has 0 saturated heterocycles. The second-order valence-corrected chi connectivity index (χ2v) is 2.52. The zero-order chi connectivity index (χ0) is 8.55. The Bertz CT molecular complexity index is 417. The highest BCUT2D eigenvalue weighted by molar-refractivity contribution is 6.06. The van der Waals surface area contributed by atoms with Crippen molar-refractivity contribution in [2.45, 2.75) is 6.42 Å². The highest BCUT2D eigenvalue weighted by Gasteiger charge is 2.16. The molecule has 0 amide bonds. The van der Waals surface area contributed by atoms with Gasteiger partial charge in [0.15, 0.2) is 5.78 Å². The Hall–Kier alpha value is -1.71. The summed E-state index contributed by atoms with van der Waals surface area (Å²) in [5.74, 6) is -0.259. The van der Waals surface area contributed by atoms with Crippen LogP contribution in [0.25, 0.3) is 0 Å². The van der Waals surface area contributed by atoms with Gasteiger partial charge in [0.2, 0.25) is 0 Å². The molecule has 2 rings (SSSR count). The molecule has 1 heterocycles. The standard InChI is InChI=1S/C8H6N2O2/c11-6-3-1-2-5-7(6)8(12)10-4-9-5/h1,3-4H,2H2,(H,9,10,12). The van der Waals surface area contributed by atoms with E-state index in [1.165, 1.54) is 12.4 Å². The monoisotopic (exact) mass is 162 g/mol. The number of aromatic nitrogens is 2. The first-order valence-electron chi connectivity index (χ1n) is 3.56. The zero-order valence-electron chi connectivity index (χ0n) is 6.20. The maximum absolute atomic E-state index is 11.2. The van der Waals surface area contributed by atoms with Crippen molar-refractivity contribution >= 4 is 5.78 Å². The largest absolute Gasteiger partial charge is 0.313 e. The van der Waals surface area contributed by atoms with Crippen LogP contribution in [0.15, 0.2) is 23.3 Å². The Morgan fingerprint density at radius 1 is 1.42 bits per heavy atom. The molecule has 1 aromatic rings. The number of rotatable bonds is 0. The molecule has 1 aliphatic carbocycles. The van der Waals surface area contributed by atoms with Crippen molar-refractivity contribution in [3.63, 3.8) is 0 Å². The van der Waals surface area contributed by atoms with E-state index in [2.05, 4.69) is 9.97 Å². The Labute approximate surface area is 68.0 Å². The number of aromatic amines is 1. The lowest BCUT2D eigenvalue weighted by molar-refractivity contribution is 0.104. The minimum absolute atomic E-state index is 0.181. The smallest absolute Gasteiger partial charge is 0.262 e. The molecule has 0 unspecified atom stereocenters. The minimum Gasteiger partial charge on any atom is -0.313 e. The minimum atomic E-state index is -0.352. The highest BCUT2D eigenvalue weighted by Crippen LogP contribution is 2.08. The summed E-state index contributed by atoms with van der Waals surface area (Å²) in [6, 6.07) is 0. The van der Waals surface area contributed by atoms with Crippen LogP contribution in [0.1, 0.15) is 16.1 Å². The molecule has 4 heteroatoms. The Morgan fingerprint density at radius 2 is 2.25 bits per heavy atom. The summed E-state index contributed by atoms with van der Waals surface area (Å²) in [4.78, 5) is 28.6. The van der Waals surface area contributed by atoms with Crippen LogP contribution in [-0.2, 0) is 6.42 Å². The first-order valence-corrected chi connectivity index (χ1v) is 3.56. The van der Waals surface area contributed by atoms with Crippen molar-refractivity contribution in [1.29, 1.82) is 0 Å². The number of hydrogen-bond acceptors (Lipinski definition) is 3. The number of fused-ring (bicyclic) bond motifs is 1. The lowest BCUT2D eigenvalue weighted by atomic mass is 10.0. The Kier molecular flexibility index (Phi) is 1.40. The number of carbonyl (C=O) groups is 1. The van der Waals surface area contributed by atoms with Gasteiger partial charge in [-0.05, 0) is 6.08 Å². The third-order valence-corrected chi connectivity index (χ3v) is 1.76. The number of H-pyrrole nitrogens is 1. The van der Waals surface area contributed by atoms with E-state index in [0.717, 1.165) is 0 Å². The molecule has 12 heavy (non-hydrogen) atoms. The molecule has 0 atom stereocenters. The van der Waals surface area contributed by atoms with Gasteiger partial charge in [0.25, 0.3) is 5.56 Å². The van der Waals surface area contributed by atoms with Crippen molar-refractivity contribution < 1.29 is 4.79 Å². The fourth-order valence-electron chi connectivity index (χ4n) is 1.21. The first kappa shape index (κ1) is 6.97. The Morgan fingerprint density at radius 3 is 3.00 bits per heavy atom. The SMILES string of the molecule is O=C1C=CCc2nc[nH]c(=O)c21. The van der Waals surface area contributed by atoms with Gasteiger partial charge in [-0.3, -0.25) is 9.59 Å². The quantitative estimate of drug-likeness (QED) is 0.587. The third kappa shape index (κ3) is 0.887. The van der Waals surface area contributed by atoms with Crippen LogP contribution in [0.3, 0.4) is 0 Å². The number of ketones is 1. The Balaban J connectivity index is 2.75. The summed E-state index contributed by atoms with van der Waals surface area (Å²) < 4.78 is 0. The molecular formula is C8H6N2O2. The van der Waals surface area contributed by atoms with Crippen molar-refractivity contribution in [3.8, 4) is 0 Å². The summed E-state index contributed by atoms with van der Waals surface area (Å²) in [5, 5.41) is 0. The second-order valence-electron chi connectivity index (χ2n) is 2.52. The van der Waals surface area contributed by atoms with Crippen LogP contribution in [0.2, 0.25) is 0 Å².